The van der Waals surface area contributed by atoms with Crippen molar-refractivity contribution in [1.82, 2.24) is 15.0 Å². The molecule has 138 valence electrons. The lowest BCUT2D eigenvalue weighted by atomic mass is 10.0. The summed E-state index contributed by atoms with van der Waals surface area (Å²) in [6.45, 7) is 5.81. The van der Waals surface area contributed by atoms with Crippen molar-refractivity contribution in [2.75, 3.05) is 0 Å². The summed E-state index contributed by atoms with van der Waals surface area (Å²) in [6, 6.07) is 7.26. The van der Waals surface area contributed by atoms with Crippen LogP contribution in [0.3, 0.4) is 0 Å². The third kappa shape index (κ3) is 4.68. The van der Waals surface area contributed by atoms with E-state index in [1.807, 2.05) is 39.0 Å². The predicted octanol–water partition coefficient (Wildman–Crippen LogP) is 4.71. The molecule has 0 saturated heterocycles. The van der Waals surface area contributed by atoms with Gasteiger partial charge in [0.25, 0.3) is 0 Å². The number of hydrogen-bond donors (Lipinski definition) is 0. The van der Waals surface area contributed by atoms with E-state index in [9.17, 15) is 4.79 Å². The van der Waals surface area contributed by atoms with Crippen LogP contribution in [0.5, 0.6) is 5.75 Å². The minimum atomic E-state index is -0.0342. The molecule has 27 heavy (non-hydrogen) atoms. The summed E-state index contributed by atoms with van der Waals surface area (Å²) in [5.74, 6) is 0.686. The number of rotatable bonds is 6. The lowest BCUT2D eigenvalue weighted by molar-refractivity contribution is 0.0991. The van der Waals surface area contributed by atoms with Crippen LogP contribution in [-0.4, -0.2) is 26.8 Å². The third-order valence-electron chi connectivity index (χ3n) is 3.97. The van der Waals surface area contributed by atoms with Gasteiger partial charge in [-0.25, -0.2) is 0 Å². The maximum absolute atomic E-state index is 12.4. The highest BCUT2D eigenvalue weighted by Crippen LogP contribution is 2.30. The van der Waals surface area contributed by atoms with Crippen molar-refractivity contribution in [2.24, 2.45) is 0 Å². The van der Waals surface area contributed by atoms with Crippen LogP contribution in [0.25, 0.3) is 11.3 Å². The Hall–Kier alpha value is -2.79. The van der Waals surface area contributed by atoms with E-state index in [0.29, 0.717) is 22.0 Å². The highest BCUT2D eigenvalue weighted by molar-refractivity contribution is 6.33. The Bertz CT molecular complexity index is 956. The Morgan fingerprint density at radius 3 is 2.63 bits per heavy atom. The van der Waals surface area contributed by atoms with Crippen LogP contribution in [0.2, 0.25) is 5.02 Å². The Morgan fingerprint density at radius 2 is 1.96 bits per heavy atom. The van der Waals surface area contributed by atoms with Crippen LogP contribution in [0.4, 0.5) is 0 Å². The number of carbonyl (C=O) groups excluding carboxylic acids is 1. The van der Waals surface area contributed by atoms with Crippen LogP contribution in [-0.2, 0) is 6.42 Å². The molecule has 1 aromatic carbocycles. The number of Topliss-reactive ketones (excluding diaryl/α,β-unsaturated/α-hetero) is 1. The number of carbonyl (C=O) groups is 1. The summed E-state index contributed by atoms with van der Waals surface area (Å²) in [7, 11) is 0. The molecule has 0 saturated carbocycles. The SMILES string of the molecule is Cc1ccncc1C(=O)Cc1cnc(-c2cc(OC(C)C)ccc2Cl)cn1. The molecule has 0 aliphatic carbocycles. The maximum atomic E-state index is 12.4. The molecule has 2 heterocycles. The van der Waals surface area contributed by atoms with Gasteiger partial charge in [0.1, 0.15) is 5.75 Å². The van der Waals surface area contributed by atoms with Gasteiger partial charge in [-0.1, -0.05) is 11.6 Å². The molecule has 3 rings (SSSR count). The largest absolute Gasteiger partial charge is 0.491 e. The van der Waals surface area contributed by atoms with Gasteiger partial charge in [-0.05, 0) is 50.6 Å². The molecule has 5 nitrogen and oxygen atoms in total. The highest BCUT2D eigenvalue weighted by Gasteiger charge is 2.13. The first-order valence-corrected chi connectivity index (χ1v) is 9.03. The molecule has 0 bridgehead atoms. The second kappa shape index (κ2) is 8.27. The van der Waals surface area contributed by atoms with E-state index in [1.165, 1.54) is 0 Å². The smallest absolute Gasteiger partial charge is 0.170 e. The molecule has 0 unspecified atom stereocenters. The fourth-order valence-corrected chi connectivity index (χ4v) is 2.86. The first kappa shape index (κ1) is 19.0. The van der Waals surface area contributed by atoms with Crippen LogP contribution < -0.4 is 4.74 Å². The Labute approximate surface area is 163 Å². The van der Waals surface area contributed by atoms with Gasteiger partial charge >= 0.3 is 0 Å². The number of pyridine rings is 1. The Morgan fingerprint density at radius 1 is 1.15 bits per heavy atom. The average molecular weight is 382 g/mol. The van der Waals surface area contributed by atoms with Crippen molar-refractivity contribution >= 4 is 17.4 Å². The summed E-state index contributed by atoms with van der Waals surface area (Å²) in [5.41, 5.74) is 3.46. The van der Waals surface area contributed by atoms with Crippen molar-refractivity contribution < 1.29 is 9.53 Å². The number of aryl methyl sites for hydroxylation is 1. The molecule has 0 radical (unpaired) electrons. The lowest BCUT2D eigenvalue weighted by Gasteiger charge is -2.12. The van der Waals surface area contributed by atoms with Gasteiger partial charge in [-0.2, -0.15) is 0 Å². The number of aromatic nitrogens is 3. The molecule has 6 heteroatoms. The van der Waals surface area contributed by atoms with Gasteiger partial charge < -0.3 is 4.74 Å². The van der Waals surface area contributed by atoms with Gasteiger partial charge in [0, 0.05) is 29.7 Å². The average Bonchev–Trinajstić information content (AvgIpc) is 2.64. The number of nitrogens with zero attached hydrogens (tertiary/aromatic N) is 3. The fraction of sp³-hybridized carbons (Fsp3) is 0.238. The number of ether oxygens (including phenoxy) is 1. The van der Waals surface area contributed by atoms with Crippen molar-refractivity contribution in [2.45, 2.75) is 33.3 Å². The van der Waals surface area contributed by atoms with Gasteiger partial charge in [0.2, 0.25) is 0 Å². The zero-order chi connectivity index (χ0) is 19.4. The predicted molar refractivity (Wildman–Crippen MR) is 105 cm³/mol. The van der Waals surface area contributed by atoms with E-state index in [0.717, 1.165) is 16.9 Å². The first-order chi connectivity index (χ1) is 12.9. The minimum Gasteiger partial charge on any atom is -0.491 e. The topological polar surface area (TPSA) is 65.0 Å². The quantitative estimate of drug-likeness (QED) is 0.578. The molecule has 0 N–H and O–H groups in total. The van der Waals surface area contributed by atoms with Crippen LogP contribution >= 0.6 is 11.6 Å². The van der Waals surface area contributed by atoms with Gasteiger partial charge in [-0.3, -0.25) is 19.7 Å². The molecule has 0 fully saturated rings. The zero-order valence-corrected chi connectivity index (χ0v) is 16.2. The molecule has 0 aliphatic rings. The van der Waals surface area contributed by atoms with Gasteiger partial charge in [-0.15, -0.1) is 0 Å². The molecule has 0 aliphatic heterocycles. The number of halogens is 1. The van der Waals surface area contributed by atoms with Crippen LogP contribution in [0.15, 0.2) is 49.1 Å². The first-order valence-electron chi connectivity index (χ1n) is 8.65. The summed E-state index contributed by atoms with van der Waals surface area (Å²) < 4.78 is 5.71. The second-order valence-electron chi connectivity index (χ2n) is 6.49. The normalized spacial score (nSPS) is 10.9. The summed E-state index contributed by atoms with van der Waals surface area (Å²) in [6.07, 6.45) is 6.71. The molecule has 0 atom stereocenters. The molecule has 0 spiro atoms. The van der Waals surface area contributed by atoms with Crippen LogP contribution in [0.1, 0.15) is 35.5 Å². The van der Waals surface area contributed by atoms with Crippen molar-refractivity contribution in [1.29, 1.82) is 0 Å². The van der Waals surface area contributed by atoms with Crippen molar-refractivity contribution in [3.63, 3.8) is 0 Å². The molecule has 3 aromatic rings. The molecule has 0 amide bonds. The summed E-state index contributed by atoms with van der Waals surface area (Å²) in [5, 5.41) is 0.565. The molecular formula is C21H20ClN3O2. The standard InChI is InChI=1S/C21H20ClN3O2/c1-13(2)27-16-4-5-19(22)17(9-16)20-12-24-15(10-25-20)8-21(26)18-11-23-7-6-14(18)3/h4-7,9-13H,8H2,1-3H3. The number of ketones is 1. The fourth-order valence-electron chi connectivity index (χ4n) is 2.65. The van der Waals surface area contributed by atoms with Crippen molar-refractivity contribution in [3.8, 4) is 17.0 Å². The monoisotopic (exact) mass is 381 g/mol. The third-order valence-corrected chi connectivity index (χ3v) is 4.30. The van der Waals surface area contributed by atoms with E-state index in [4.69, 9.17) is 16.3 Å². The van der Waals surface area contributed by atoms with Gasteiger partial charge in [0.05, 0.1) is 35.1 Å². The molecular weight excluding hydrogens is 362 g/mol. The number of benzene rings is 1. The summed E-state index contributed by atoms with van der Waals surface area (Å²) in [4.78, 5) is 25.3. The van der Waals surface area contributed by atoms with E-state index in [2.05, 4.69) is 15.0 Å². The summed E-state index contributed by atoms with van der Waals surface area (Å²) >= 11 is 6.30. The maximum Gasteiger partial charge on any atom is 0.170 e. The van der Waals surface area contributed by atoms with E-state index in [-0.39, 0.29) is 18.3 Å². The van der Waals surface area contributed by atoms with E-state index < -0.39 is 0 Å². The van der Waals surface area contributed by atoms with Crippen molar-refractivity contribution in [3.05, 3.63) is 70.9 Å². The molecule has 2 aromatic heterocycles. The Kier molecular flexibility index (Phi) is 5.81. The Balaban J connectivity index is 1.80. The number of hydrogen-bond acceptors (Lipinski definition) is 5. The van der Waals surface area contributed by atoms with E-state index in [1.54, 1.807) is 30.9 Å². The van der Waals surface area contributed by atoms with Crippen LogP contribution in [0, 0.1) is 6.92 Å². The second-order valence-corrected chi connectivity index (χ2v) is 6.90. The highest BCUT2D eigenvalue weighted by atomic mass is 35.5. The lowest BCUT2D eigenvalue weighted by Crippen LogP contribution is -2.08. The zero-order valence-electron chi connectivity index (χ0n) is 15.4. The minimum absolute atomic E-state index is 0.0342. The van der Waals surface area contributed by atoms with Gasteiger partial charge in [0.15, 0.2) is 5.78 Å². The van der Waals surface area contributed by atoms with E-state index >= 15 is 0 Å².